The molecule has 0 bridgehead atoms. The monoisotopic (exact) mass is 780 g/mol. The third-order valence-corrected chi connectivity index (χ3v) is 5.02. The van der Waals surface area contributed by atoms with Crippen molar-refractivity contribution in [2.45, 2.75) is 67.7 Å². The molecule has 11 heteroatoms. The van der Waals surface area contributed by atoms with Gasteiger partial charge in [0, 0.05) is 40.1 Å². The van der Waals surface area contributed by atoms with Gasteiger partial charge in [0.1, 0.15) is 0 Å². The maximum Gasteiger partial charge on any atom is 0.330 e. The van der Waals surface area contributed by atoms with Crippen LogP contribution in [0.4, 0.5) is 0 Å². The normalized spacial score (nSPS) is 9.09. The third-order valence-electron chi connectivity index (χ3n) is 5.02. The number of rotatable bonds is 10. The first-order valence-electron chi connectivity index (χ1n) is 17.1. The molecule has 1 aliphatic heterocycles. The summed E-state index contributed by atoms with van der Waals surface area (Å²) in [6, 6.07) is 10.0. The Morgan fingerprint density at radius 3 is 1.36 bits per heavy atom. The number of likely N-dealkylation sites (tertiary alicyclic amines) is 1. The van der Waals surface area contributed by atoms with E-state index in [0.717, 1.165) is 31.7 Å². The molecule has 0 spiro atoms. The number of hydrogen-bond donors (Lipinski definition) is 0. The van der Waals surface area contributed by atoms with E-state index in [0.29, 0.717) is 18.6 Å². The van der Waals surface area contributed by atoms with Crippen LogP contribution in [0.5, 0.6) is 0 Å². The Morgan fingerprint density at radius 1 is 0.786 bits per heavy atom. The first-order chi connectivity index (χ1) is 26.1. The van der Waals surface area contributed by atoms with Crippen molar-refractivity contribution in [3.63, 3.8) is 0 Å². The second kappa shape index (κ2) is 50.9. The smallest absolute Gasteiger partial charge is 0.330 e. The van der Waals surface area contributed by atoms with Crippen molar-refractivity contribution in [2.75, 3.05) is 27.2 Å². The number of benzene rings is 1. The van der Waals surface area contributed by atoms with E-state index in [1.54, 1.807) is 38.2 Å². The maximum absolute atomic E-state index is 10.7. The van der Waals surface area contributed by atoms with E-state index in [1.807, 2.05) is 50.3 Å². The van der Waals surface area contributed by atoms with Gasteiger partial charge in [0.05, 0.1) is 12.9 Å². The summed E-state index contributed by atoms with van der Waals surface area (Å²) in [5.74, 6) is -0.415. The molecule has 0 aliphatic carbocycles. The zero-order valence-corrected chi connectivity index (χ0v) is 35.5. The Morgan fingerprint density at radius 2 is 1.21 bits per heavy atom. The van der Waals surface area contributed by atoms with Gasteiger partial charge in [-0.1, -0.05) is 102 Å². The number of Topliss-reactive ketones (excluding diaryl/α,β-unsaturated/α-hetero) is 1. The highest BCUT2D eigenvalue weighted by Gasteiger charge is 2.16. The lowest BCUT2D eigenvalue weighted by atomic mass is 10.2. The first-order valence-corrected chi connectivity index (χ1v) is 17.1. The van der Waals surface area contributed by atoms with Crippen LogP contribution >= 0.6 is 0 Å². The average Bonchev–Trinajstić information content (AvgIpc) is 3.60. The van der Waals surface area contributed by atoms with E-state index in [9.17, 15) is 33.6 Å². The Hall–Kier alpha value is -6.23. The number of esters is 2. The van der Waals surface area contributed by atoms with Gasteiger partial charge in [-0.3, -0.25) is 28.8 Å². The van der Waals surface area contributed by atoms with Crippen LogP contribution < -0.4 is 0 Å². The maximum atomic E-state index is 10.7. The average molecular weight is 781 g/mol. The number of hydrogen-bond acceptors (Lipinski definition) is 9. The third kappa shape index (κ3) is 69.5. The zero-order chi connectivity index (χ0) is 45.5. The number of amides is 2. The lowest BCUT2D eigenvalue weighted by Gasteiger charge is -2.05. The number of likely N-dealkylation sites (N-methyl/N-ethyl adjacent to an activating group) is 1. The van der Waals surface area contributed by atoms with Crippen LogP contribution in [-0.2, 0) is 43.0 Å². The van der Waals surface area contributed by atoms with Gasteiger partial charge in [0.2, 0.25) is 11.8 Å². The highest BCUT2D eigenvalue weighted by Crippen LogP contribution is 2.08. The summed E-state index contributed by atoms with van der Waals surface area (Å²) in [7, 11) is 3.37. The highest BCUT2D eigenvalue weighted by atomic mass is 16.5. The predicted octanol–water partition coefficient (Wildman–Crippen LogP) is 9.03. The van der Waals surface area contributed by atoms with Crippen LogP contribution in [0.25, 0.3) is 6.08 Å². The molecule has 0 N–H and O–H groups in total. The van der Waals surface area contributed by atoms with Crippen molar-refractivity contribution in [3.8, 4) is 0 Å². The predicted molar refractivity (Wildman–Crippen MR) is 233 cm³/mol. The van der Waals surface area contributed by atoms with Crippen LogP contribution in [0.15, 0.2) is 138 Å². The molecule has 1 heterocycles. The molecule has 0 unspecified atom stereocenters. The largest absolute Gasteiger partial charge is 0.463 e. The molecule has 0 atom stereocenters. The van der Waals surface area contributed by atoms with Crippen molar-refractivity contribution in [1.29, 1.82) is 0 Å². The van der Waals surface area contributed by atoms with Crippen LogP contribution in [-0.4, -0.2) is 78.1 Å². The molecule has 2 amide bonds. The molecule has 0 radical (unpaired) electrons. The molecular formula is C45H68N2O9. The standard InChI is InChI=1S/C8H8.C6H9NO.C6H10O2.C5H9NO.C5H8O.C4H6O2.2C4H6O.C3H6/c1-2-8-6-4-3-5-7-8;1-2-7-5-3-4-6(7)8;1-3-5-8-6(7)4-2;1-4-5(7)6(2)3;1-4(2)5(3)6;1-3-6-4(2)5;2*1-3-4(2)5;1-3-2/h2-7H,1H2;2H,1,3-5H2;4H,2-3,5H2,1H3;4H,1H2,2-3H3;1H2,2-3H3;3H,1H2,2H3;2*3H,1H2,2H3;3H,1H2,2H3. The summed E-state index contributed by atoms with van der Waals surface area (Å²) in [4.78, 5) is 73.5. The second-order valence-corrected chi connectivity index (χ2v) is 10.4. The molecule has 1 fully saturated rings. The Kier molecular flexibility index (Phi) is 58.8. The molecule has 0 saturated carbocycles. The molecule has 2 rings (SSSR count). The van der Waals surface area contributed by atoms with Crippen molar-refractivity contribution in [1.82, 2.24) is 9.80 Å². The van der Waals surface area contributed by atoms with E-state index in [-0.39, 0.29) is 41.1 Å². The topological polar surface area (TPSA) is 144 Å². The second-order valence-electron chi connectivity index (χ2n) is 10.4. The molecule has 1 aromatic rings. The van der Waals surface area contributed by atoms with E-state index < -0.39 is 0 Å². The molecule has 56 heavy (non-hydrogen) atoms. The van der Waals surface area contributed by atoms with Gasteiger partial charge in [0.15, 0.2) is 17.3 Å². The Bertz CT molecular complexity index is 1330. The summed E-state index contributed by atoms with van der Waals surface area (Å²) in [6.07, 6.45) is 13.8. The lowest BCUT2D eigenvalue weighted by molar-refractivity contribution is -0.138. The molecular weight excluding hydrogens is 713 g/mol. The summed E-state index contributed by atoms with van der Waals surface area (Å²) < 4.78 is 8.75. The van der Waals surface area contributed by atoms with E-state index in [1.165, 1.54) is 56.4 Å². The van der Waals surface area contributed by atoms with Crippen molar-refractivity contribution in [2.24, 2.45) is 0 Å². The first kappa shape index (κ1) is 64.7. The fraction of sp³-hybridized carbons (Fsp3) is 0.311. The fourth-order valence-corrected chi connectivity index (χ4v) is 2.01. The van der Waals surface area contributed by atoms with E-state index in [2.05, 4.69) is 68.7 Å². The van der Waals surface area contributed by atoms with Crippen molar-refractivity contribution < 1.29 is 43.0 Å². The van der Waals surface area contributed by atoms with Crippen LogP contribution in [0.3, 0.4) is 0 Å². The van der Waals surface area contributed by atoms with E-state index in [4.69, 9.17) is 0 Å². The molecule has 11 nitrogen and oxygen atoms in total. The Balaban J connectivity index is -0.0000000976. The van der Waals surface area contributed by atoms with Gasteiger partial charge >= 0.3 is 11.9 Å². The van der Waals surface area contributed by atoms with Crippen LogP contribution in [0, 0.1) is 0 Å². The van der Waals surface area contributed by atoms with Crippen LogP contribution in [0.1, 0.15) is 73.3 Å². The minimum atomic E-state index is -0.341. The van der Waals surface area contributed by atoms with Gasteiger partial charge in [-0.05, 0) is 83.0 Å². The van der Waals surface area contributed by atoms with Gasteiger partial charge in [0.25, 0.3) is 0 Å². The summed E-state index contributed by atoms with van der Waals surface area (Å²) in [6.45, 7) is 42.6. The SMILES string of the molecule is C=C(C)C(C)=O.C=CC.C=CC(=O)N(C)C.C=CC(=O)OCCC.C=CC(C)=O.C=CC(C)=O.C=CN1CCCC1=O.C=COC(C)=O.C=Cc1ccccc1. The Labute approximate surface area is 337 Å². The van der Waals surface area contributed by atoms with Crippen LogP contribution in [0.2, 0.25) is 0 Å². The molecule has 1 aromatic carbocycles. The lowest BCUT2D eigenvalue weighted by Crippen LogP contribution is -2.18. The summed E-state index contributed by atoms with van der Waals surface area (Å²) in [5, 5.41) is 0. The number of carbonyl (C=O) groups is 7. The minimum Gasteiger partial charge on any atom is -0.463 e. The number of nitrogens with zero attached hydrogens (tertiary/aromatic N) is 2. The number of ether oxygens (including phenoxy) is 2. The molecule has 0 aromatic heterocycles. The van der Waals surface area contributed by atoms with E-state index >= 15 is 0 Å². The highest BCUT2D eigenvalue weighted by molar-refractivity contribution is 5.91. The minimum absolute atomic E-state index is 0.0185. The molecule has 1 saturated heterocycles. The number of ketones is 3. The molecule has 1 aliphatic rings. The molecule has 312 valence electrons. The summed E-state index contributed by atoms with van der Waals surface area (Å²) in [5.41, 5.74) is 1.79. The number of allylic oxidation sites excluding steroid dienone is 4. The van der Waals surface area contributed by atoms with Gasteiger partial charge < -0.3 is 19.3 Å². The van der Waals surface area contributed by atoms with Crippen molar-refractivity contribution in [3.05, 3.63) is 144 Å². The van der Waals surface area contributed by atoms with Gasteiger partial charge in [-0.15, -0.1) is 6.58 Å². The fourth-order valence-electron chi connectivity index (χ4n) is 2.01. The van der Waals surface area contributed by atoms with Gasteiger partial charge in [-0.25, -0.2) is 4.79 Å². The summed E-state index contributed by atoms with van der Waals surface area (Å²) >= 11 is 0. The van der Waals surface area contributed by atoms with Gasteiger partial charge in [-0.2, -0.15) is 0 Å². The quantitative estimate of drug-likeness (QED) is 0.0983. The number of carbonyl (C=O) groups excluding carboxylic acids is 7. The van der Waals surface area contributed by atoms with Crippen molar-refractivity contribution >= 4 is 47.2 Å². The zero-order valence-electron chi connectivity index (χ0n) is 35.5.